The van der Waals surface area contributed by atoms with Crippen LogP contribution in [0.1, 0.15) is 11.3 Å². The Labute approximate surface area is 137 Å². The monoisotopic (exact) mass is 326 g/mol. The predicted octanol–water partition coefficient (Wildman–Crippen LogP) is 4.44. The second kappa shape index (κ2) is 6.71. The summed E-state index contributed by atoms with van der Waals surface area (Å²) in [6.07, 6.45) is 0.194. The average Bonchev–Trinajstić information content (AvgIpc) is 2.91. The molecule has 1 N–H and O–H groups in total. The molecule has 0 fully saturated rings. The largest absolute Gasteiger partial charge is 0.302 e. The number of benzene rings is 2. The molecule has 0 atom stereocenters. The van der Waals surface area contributed by atoms with E-state index in [9.17, 15) is 9.18 Å². The van der Waals surface area contributed by atoms with Crippen molar-refractivity contribution in [1.82, 2.24) is 4.98 Å². The molecule has 3 nitrogen and oxygen atoms in total. The van der Waals surface area contributed by atoms with Crippen molar-refractivity contribution in [3.8, 4) is 10.4 Å². The molecule has 0 unspecified atom stereocenters. The van der Waals surface area contributed by atoms with Crippen molar-refractivity contribution in [2.45, 2.75) is 13.3 Å². The van der Waals surface area contributed by atoms with E-state index in [1.54, 1.807) is 12.1 Å². The highest BCUT2D eigenvalue weighted by Crippen LogP contribution is 2.32. The Balaban J connectivity index is 1.71. The van der Waals surface area contributed by atoms with Crippen LogP contribution in [0.2, 0.25) is 0 Å². The molecular formula is C18H15FN2OS. The highest BCUT2D eigenvalue weighted by atomic mass is 32.1. The van der Waals surface area contributed by atoms with Gasteiger partial charge in [0, 0.05) is 0 Å². The molecule has 1 aromatic heterocycles. The fraction of sp³-hybridized carbons (Fsp3) is 0.111. The van der Waals surface area contributed by atoms with Crippen molar-refractivity contribution in [3.63, 3.8) is 0 Å². The standard InChI is InChI=1S/C18H15FN2OS/c1-12-17(14-5-3-2-4-6-14)23-18(20-12)21-16(22)11-13-7-9-15(19)10-8-13/h2-10H,11H2,1H3,(H,20,21,22). The number of nitrogens with one attached hydrogen (secondary N) is 1. The number of aryl methyl sites for hydroxylation is 1. The molecule has 0 aliphatic heterocycles. The number of amides is 1. The van der Waals surface area contributed by atoms with Gasteiger partial charge in [-0.05, 0) is 30.2 Å². The lowest BCUT2D eigenvalue weighted by molar-refractivity contribution is -0.115. The Bertz CT molecular complexity index is 813. The normalized spacial score (nSPS) is 10.5. The molecule has 3 aromatic rings. The van der Waals surface area contributed by atoms with Gasteiger partial charge in [0.1, 0.15) is 5.82 Å². The van der Waals surface area contributed by atoms with Gasteiger partial charge in [-0.25, -0.2) is 9.37 Å². The molecule has 5 heteroatoms. The van der Waals surface area contributed by atoms with E-state index in [2.05, 4.69) is 10.3 Å². The van der Waals surface area contributed by atoms with Crippen LogP contribution in [-0.2, 0) is 11.2 Å². The van der Waals surface area contributed by atoms with Crippen molar-refractivity contribution in [2.75, 3.05) is 5.32 Å². The molecule has 0 radical (unpaired) electrons. The van der Waals surface area contributed by atoms with Crippen molar-refractivity contribution < 1.29 is 9.18 Å². The van der Waals surface area contributed by atoms with Gasteiger partial charge < -0.3 is 5.32 Å². The van der Waals surface area contributed by atoms with Crippen LogP contribution in [0.3, 0.4) is 0 Å². The molecule has 3 rings (SSSR count). The van der Waals surface area contributed by atoms with Crippen molar-refractivity contribution in [2.24, 2.45) is 0 Å². The number of halogens is 1. The van der Waals surface area contributed by atoms with Crippen LogP contribution in [0.5, 0.6) is 0 Å². The van der Waals surface area contributed by atoms with Crippen LogP contribution < -0.4 is 5.32 Å². The topological polar surface area (TPSA) is 42.0 Å². The minimum Gasteiger partial charge on any atom is -0.302 e. The van der Waals surface area contributed by atoms with Crippen molar-refractivity contribution in [1.29, 1.82) is 0 Å². The zero-order valence-corrected chi connectivity index (χ0v) is 13.4. The van der Waals surface area contributed by atoms with E-state index in [4.69, 9.17) is 0 Å². The van der Waals surface area contributed by atoms with Gasteiger partial charge in [-0.15, -0.1) is 0 Å². The third kappa shape index (κ3) is 3.81. The molecule has 116 valence electrons. The van der Waals surface area contributed by atoms with Crippen LogP contribution in [-0.4, -0.2) is 10.9 Å². The predicted molar refractivity (Wildman–Crippen MR) is 91.0 cm³/mol. The van der Waals surface area contributed by atoms with Gasteiger partial charge in [-0.3, -0.25) is 4.79 Å². The summed E-state index contributed by atoms with van der Waals surface area (Å²) in [7, 11) is 0. The van der Waals surface area contributed by atoms with E-state index in [-0.39, 0.29) is 18.1 Å². The molecule has 0 spiro atoms. The molecule has 0 saturated carbocycles. The molecular weight excluding hydrogens is 311 g/mol. The lowest BCUT2D eigenvalue weighted by atomic mass is 10.1. The van der Waals surface area contributed by atoms with Crippen molar-refractivity contribution >= 4 is 22.4 Å². The summed E-state index contributed by atoms with van der Waals surface area (Å²) in [6, 6.07) is 15.9. The Morgan fingerprint density at radius 3 is 2.52 bits per heavy atom. The number of carbonyl (C=O) groups is 1. The number of carbonyl (C=O) groups excluding carboxylic acids is 1. The van der Waals surface area contributed by atoms with E-state index in [1.807, 2.05) is 37.3 Å². The number of anilines is 1. The number of nitrogens with zero attached hydrogens (tertiary/aromatic N) is 1. The molecule has 0 saturated heterocycles. The van der Waals surface area contributed by atoms with Gasteiger partial charge >= 0.3 is 0 Å². The van der Waals surface area contributed by atoms with Crippen LogP contribution in [0.15, 0.2) is 54.6 Å². The Morgan fingerprint density at radius 2 is 1.83 bits per heavy atom. The van der Waals surface area contributed by atoms with Gasteiger partial charge in [-0.1, -0.05) is 53.8 Å². The SMILES string of the molecule is Cc1nc(NC(=O)Cc2ccc(F)cc2)sc1-c1ccccc1. The first kappa shape index (κ1) is 15.4. The number of hydrogen-bond donors (Lipinski definition) is 1. The number of aromatic nitrogens is 1. The first-order valence-electron chi connectivity index (χ1n) is 7.19. The summed E-state index contributed by atoms with van der Waals surface area (Å²) in [4.78, 5) is 17.5. The fourth-order valence-corrected chi connectivity index (χ4v) is 3.25. The number of rotatable bonds is 4. The van der Waals surface area contributed by atoms with Crippen LogP contribution in [0.25, 0.3) is 10.4 Å². The maximum atomic E-state index is 12.9. The zero-order valence-electron chi connectivity index (χ0n) is 12.5. The lowest BCUT2D eigenvalue weighted by Crippen LogP contribution is -2.14. The van der Waals surface area contributed by atoms with Gasteiger partial charge in [0.2, 0.25) is 5.91 Å². The smallest absolute Gasteiger partial charge is 0.230 e. The van der Waals surface area contributed by atoms with E-state index >= 15 is 0 Å². The average molecular weight is 326 g/mol. The number of hydrogen-bond acceptors (Lipinski definition) is 3. The van der Waals surface area contributed by atoms with Gasteiger partial charge in [-0.2, -0.15) is 0 Å². The summed E-state index contributed by atoms with van der Waals surface area (Å²) in [5.74, 6) is -0.470. The molecule has 0 bridgehead atoms. The fourth-order valence-electron chi connectivity index (χ4n) is 2.26. The summed E-state index contributed by atoms with van der Waals surface area (Å²) in [5.41, 5.74) is 2.74. The Hall–Kier alpha value is -2.53. The molecule has 1 heterocycles. The third-order valence-electron chi connectivity index (χ3n) is 3.36. The quantitative estimate of drug-likeness (QED) is 0.770. The molecule has 0 aliphatic rings. The van der Waals surface area contributed by atoms with E-state index in [0.717, 1.165) is 21.7 Å². The van der Waals surface area contributed by atoms with E-state index < -0.39 is 0 Å². The van der Waals surface area contributed by atoms with Crippen LogP contribution in [0, 0.1) is 12.7 Å². The highest BCUT2D eigenvalue weighted by molar-refractivity contribution is 7.19. The molecule has 2 aromatic carbocycles. The first-order chi connectivity index (χ1) is 11.1. The van der Waals surface area contributed by atoms with E-state index in [0.29, 0.717) is 5.13 Å². The summed E-state index contributed by atoms with van der Waals surface area (Å²) < 4.78 is 12.9. The minimum absolute atomic E-state index is 0.162. The van der Waals surface area contributed by atoms with E-state index in [1.165, 1.54) is 23.5 Å². The maximum Gasteiger partial charge on any atom is 0.230 e. The van der Waals surface area contributed by atoms with Gasteiger partial charge in [0.25, 0.3) is 0 Å². The third-order valence-corrected chi connectivity index (χ3v) is 4.48. The van der Waals surface area contributed by atoms with Crippen molar-refractivity contribution in [3.05, 3.63) is 71.7 Å². The summed E-state index contributed by atoms with van der Waals surface area (Å²) >= 11 is 1.45. The second-order valence-electron chi connectivity index (χ2n) is 5.15. The zero-order chi connectivity index (χ0) is 16.2. The second-order valence-corrected chi connectivity index (χ2v) is 6.15. The molecule has 1 amide bonds. The van der Waals surface area contributed by atoms with Gasteiger partial charge in [0.15, 0.2) is 5.13 Å². The number of thiazole rings is 1. The van der Waals surface area contributed by atoms with Crippen LogP contribution >= 0.6 is 11.3 Å². The summed E-state index contributed by atoms with van der Waals surface area (Å²) in [6.45, 7) is 1.93. The maximum absolute atomic E-state index is 12.9. The van der Waals surface area contributed by atoms with Gasteiger partial charge in [0.05, 0.1) is 17.0 Å². The lowest BCUT2D eigenvalue weighted by Gasteiger charge is -2.02. The van der Waals surface area contributed by atoms with Crippen LogP contribution in [0.4, 0.5) is 9.52 Å². The Kier molecular flexibility index (Phi) is 4.48. The Morgan fingerprint density at radius 1 is 1.13 bits per heavy atom. The highest BCUT2D eigenvalue weighted by Gasteiger charge is 2.12. The first-order valence-corrected chi connectivity index (χ1v) is 8.00. The minimum atomic E-state index is -0.308. The molecule has 23 heavy (non-hydrogen) atoms. The molecule has 0 aliphatic carbocycles. The summed E-state index contributed by atoms with van der Waals surface area (Å²) in [5, 5.41) is 3.39.